The second-order valence-electron chi connectivity index (χ2n) is 10.9. The van der Waals surface area contributed by atoms with Crippen LogP contribution < -0.4 is 5.32 Å². The number of urea groups is 1. The number of alkyl halides is 1. The fourth-order valence-corrected chi connectivity index (χ4v) is 6.15. The molecule has 2 aliphatic carbocycles. The number of rotatable bonds is 17. The van der Waals surface area contributed by atoms with Gasteiger partial charge in [-0.2, -0.15) is 0 Å². The number of carbonyl (C=O) groups excluding carboxylic acids is 2. The van der Waals surface area contributed by atoms with Crippen LogP contribution in [0.25, 0.3) is 0 Å². The SMILES string of the molecule is O=C(CCCCCCCCCCCCCCCBr)N(C(=O)NC1CCCCC1)C1CCCCC1. The summed E-state index contributed by atoms with van der Waals surface area (Å²) in [6, 6.07) is 0.278. The summed E-state index contributed by atoms with van der Waals surface area (Å²) in [6.07, 6.45) is 28.7. The van der Waals surface area contributed by atoms with Crippen molar-refractivity contribution in [2.75, 3.05) is 5.33 Å². The molecule has 0 atom stereocenters. The van der Waals surface area contributed by atoms with Crippen LogP contribution in [-0.2, 0) is 4.79 Å². The molecule has 3 amide bonds. The van der Waals surface area contributed by atoms with Gasteiger partial charge in [-0.3, -0.25) is 9.69 Å². The van der Waals surface area contributed by atoms with Gasteiger partial charge < -0.3 is 5.32 Å². The fraction of sp³-hybridized carbons (Fsp3) is 0.931. The predicted octanol–water partition coefficient (Wildman–Crippen LogP) is 9.05. The Balaban J connectivity index is 1.56. The van der Waals surface area contributed by atoms with E-state index in [9.17, 15) is 9.59 Å². The van der Waals surface area contributed by atoms with E-state index < -0.39 is 0 Å². The van der Waals surface area contributed by atoms with Crippen LogP contribution in [0.1, 0.15) is 154 Å². The number of nitrogens with one attached hydrogen (secondary N) is 1. The first kappa shape index (κ1) is 29.6. The summed E-state index contributed by atoms with van der Waals surface area (Å²) in [4.78, 5) is 27.8. The molecule has 2 fully saturated rings. The minimum Gasteiger partial charge on any atom is -0.335 e. The van der Waals surface area contributed by atoms with Gasteiger partial charge in [0.2, 0.25) is 5.91 Å². The number of hydrogen-bond acceptors (Lipinski definition) is 2. The molecule has 2 saturated carbocycles. The van der Waals surface area contributed by atoms with E-state index in [1.165, 1.54) is 96.3 Å². The Kier molecular flexibility index (Phi) is 17.1. The third-order valence-corrected chi connectivity index (χ3v) is 8.45. The smallest absolute Gasteiger partial charge is 0.324 e. The van der Waals surface area contributed by atoms with Gasteiger partial charge >= 0.3 is 6.03 Å². The lowest BCUT2D eigenvalue weighted by Gasteiger charge is -2.34. The molecule has 0 heterocycles. The molecule has 198 valence electrons. The lowest BCUT2D eigenvalue weighted by atomic mass is 9.93. The largest absolute Gasteiger partial charge is 0.335 e. The average Bonchev–Trinajstić information content (AvgIpc) is 2.85. The number of hydrogen-bond donors (Lipinski definition) is 1. The zero-order valence-electron chi connectivity index (χ0n) is 22.0. The Bertz CT molecular complexity index is 530. The standard InChI is InChI=1S/C29H53BrN2O2/c30-25-19-11-9-7-5-3-1-2-4-6-8-10-18-24-28(33)32(27-22-16-13-17-23-27)29(34)31-26-20-14-12-15-21-26/h26-27H,1-25H2,(H,31,34). The number of amides is 3. The van der Waals surface area contributed by atoms with E-state index in [0.29, 0.717) is 6.42 Å². The van der Waals surface area contributed by atoms with Gasteiger partial charge in [-0.15, -0.1) is 0 Å². The fourth-order valence-electron chi connectivity index (χ4n) is 5.75. The Labute approximate surface area is 218 Å². The number of imide groups is 1. The number of carbonyl (C=O) groups is 2. The minimum atomic E-state index is -0.105. The van der Waals surface area contributed by atoms with Crippen LogP contribution in [-0.4, -0.2) is 34.3 Å². The molecule has 2 rings (SSSR count). The maximum atomic E-state index is 13.1. The molecule has 0 aromatic rings. The van der Waals surface area contributed by atoms with Crippen molar-refractivity contribution in [1.82, 2.24) is 10.2 Å². The third-order valence-electron chi connectivity index (χ3n) is 7.88. The average molecular weight is 542 g/mol. The molecule has 0 unspecified atom stereocenters. The lowest BCUT2D eigenvalue weighted by molar-refractivity contribution is -0.130. The van der Waals surface area contributed by atoms with Crippen molar-refractivity contribution in [3.05, 3.63) is 0 Å². The van der Waals surface area contributed by atoms with Crippen LogP contribution >= 0.6 is 15.9 Å². The third kappa shape index (κ3) is 12.9. The lowest BCUT2D eigenvalue weighted by Crippen LogP contribution is -2.52. The maximum Gasteiger partial charge on any atom is 0.324 e. The normalized spacial score (nSPS) is 17.6. The molecule has 1 N–H and O–H groups in total. The number of halogens is 1. The first-order valence-corrected chi connectivity index (χ1v) is 16.0. The second kappa shape index (κ2) is 19.6. The highest BCUT2D eigenvalue weighted by molar-refractivity contribution is 9.09. The highest BCUT2D eigenvalue weighted by Gasteiger charge is 2.31. The van der Waals surface area contributed by atoms with E-state index in [-0.39, 0.29) is 24.0 Å². The van der Waals surface area contributed by atoms with Crippen LogP contribution in [0.3, 0.4) is 0 Å². The molecule has 0 aromatic heterocycles. The molecule has 5 heteroatoms. The van der Waals surface area contributed by atoms with E-state index in [1.54, 1.807) is 4.90 Å². The predicted molar refractivity (Wildman–Crippen MR) is 148 cm³/mol. The van der Waals surface area contributed by atoms with Gasteiger partial charge in [0.05, 0.1) is 0 Å². The Morgan fingerprint density at radius 1 is 0.618 bits per heavy atom. The van der Waals surface area contributed by atoms with Crippen molar-refractivity contribution in [3.63, 3.8) is 0 Å². The summed E-state index contributed by atoms with van der Waals surface area (Å²) in [7, 11) is 0. The van der Waals surface area contributed by atoms with E-state index in [2.05, 4.69) is 21.2 Å². The van der Waals surface area contributed by atoms with Crippen LogP contribution in [0, 0.1) is 0 Å². The van der Waals surface area contributed by atoms with Crippen LogP contribution in [0.15, 0.2) is 0 Å². The van der Waals surface area contributed by atoms with Crippen molar-refractivity contribution >= 4 is 27.9 Å². The van der Waals surface area contributed by atoms with Crippen molar-refractivity contribution in [2.24, 2.45) is 0 Å². The first-order chi connectivity index (χ1) is 16.7. The first-order valence-electron chi connectivity index (χ1n) is 14.9. The molecule has 0 radical (unpaired) electrons. The molecule has 0 bridgehead atoms. The van der Waals surface area contributed by atoms with Crippen molar-refractivity contribution in [1.29, 1.82) is 0 Å². The zero-order chi connectivity index (χ0) is 24.3. The molecule has 4 nitrogen and oxygen atoms in total. The molecule has 0 aliphatic heterocycles. The maximum absolute atomic E-state index is 13.1. The highest BCUT2D eigenvalue weighted by atomic mass is 79.9. The molecule has 34 heavy (non-hydrogen) atoms. The zero-order valence-corrected chi connectivity index (χ0v) is 23.6. The van der Waals surface area contributed by atoms with Gasteiger partial charge in [-0.25, -0.2) is 4.79 Å². The van der Waals surface area contributed by atoms with Gasteiger partial charge in [0.25, 0.3) is 0 Å². The van der Waals surface area contributed by atoms with Crippen LogP contribution in [0.5, 0.6) is 0 Å². The summed E-state index contributed by atoms with van der Waals surface area (Å²) in [5.41, 5.74) is 0. The molecular formula is C29H53BrN2O2. The van der Waals surface area contributed by atoms with Gasteiger partial charge in [0.1, 0.15) is 0 Å². The molecule has 0 aromatic carbocycles. The molecule has 0 spiro atoms. The highest BCUT2D eigenvalue weighted by Crippen LogP contribution is 2.25. The minimum absolute atomic E-state index is 0.0661. The van der Waals surface area contributed by atoms with Crippen molar-refractivity contribution in [3.8, 4) is 0 Å². The Hall–Kier alpha value is -0.580. The topological polar surface area (TPSA) is 49.4 Å². The van der Waals surface area contributed by atoms with Gasteiger partial charge in [-0.1, -0.05) is 125 Å². The summed E-state index contributed by atoms with van der Waals surface area (Å²) < 4.78 is 0. The number of nitrogens with zero attached hydrogens (tertiary/aromatic N) is 1. The van der Waals surface area contributed by atoms with Crippen LogP contribution in [0.4, 0.5) is 4.79 Å². The summed E-state index contributed by atoms with van der Waals surface area (Å²) in [5, 5.41) is 4.36. The van der Waals surface area contributed by atoms with E-state index in [1.807, 2.05) is 0 Å². The van der Waals surface area contributed by atoms with Gasteiger partial charge in [-0.05, 0) is 38.5 Å². The van der Waals surface area contributed by atoms with Gasteiger partial charge in [0, 0.05) is 23.8 Å². The van der Waals surface area contributed by atoms with E-state index in [0.717, 1.165) is 56.7 Å². The molecular weight excluding hydrogens is 488 g/mol. The second-order valence-corrected chi connectivity index (χ2v) is 11.7. The summed E-state index contributed by atoms with van der Waals surface area (Å²) in [5.74, 6) is 0.0661. The Morgan fingerprint density at radius 3 is 1.56 bits per heavy atom. The van der Waals surface area contributed by atoms with Gasteiger partial charge in [0.15, 0.2) is 0 Å². The monoisotopic (exact) mass is 540 g/mol. The quantitative estimate of drug-likeness (QED) is 0.148. The summed E-state index contributed by atoms with van der Waals surface area (Å²) >= 11 is 3.50. The van der Waals surface area contributed by atoms with Crippen molar-refractivity contribution < 1.29 is 9.59 Å². The number of unbranched alkanes of at least 4 members (excludes halogenated alkanes) is 12. The van der Waals surface area contributed by atoms with Crippen LogP contribution in [0.2, 0.25) is 0 Å². The molecule has 0 saturated heterocycles. The van der Waals surface area contributed by atoms with E-state index in [4.69, 9.17) is 0 Å². The summed E-state index contributed by atoms with van der Waals surface area (Å²) in [6.45, 7) is 0. The van der Waals surface area contributed by atoms with E-state index >= 15 is 0 Å². The molecule has 2 aliphatic rings. The van der Waals surface area contributed by atoms with Crippen molar-refractivity contribution in [2.45, 2.75) is 166 Å². The Morgan fingerprint density at radius 2 is 1.06 bits per heavy atom.